The van der Waals surface area contributed by atoms with E-state index in [0.29, 0.717) is 11.8 Å². The lowest BCUT2D eigenvalue weighted by molar-refractivity contribution is -0.182. The number of nitrogens with two attached hydrogens (primary N) is 1. The summed E-state index contributed by atoms with van der Waals surface area (Å²) in [5.74, 6) is -3.50. The van der Waals surface area contributed by atoms with E-state index in [0.717, 1.165) is 12.1 Å². The number of alkyl halides is 9. The third kappa shape index (κ3) is 8.15. The first-order chi connectivity index (χ1) is 20.9. The highest BCUT2D eigenvalue weighted by Crippen LogP contribution is 2.40. The third-order valence-corrected chi connectivity index (χ3v) is 7.50. The molecular weight excluding hydrogens is 627 g/mol. The van der Waals surface area contributed by atoms with Crippen LogP contribution in [0.5, 0.6) is 5.75 Å². The van der Waals surface area contributed by atoms with Gasteiger partial charge in [-0.1, -0.05) is 6.07 Å². The van der Waals surface area contributed by atoms with Gasteiger partial charge in [0.25, 0.3) is 5.91 Å². The molecule has 2 aromatic carbocycles. The minimum Gasteiger partial charge on any atom is -0.496 e. The lowest BCUT2D eigenvalue weighted by Gasteiger charge is -2.30. The molecule has 45 heavy (non-hydrogen) atoms. The van der Waals surface area contributed by atoms with Crippen LogP contribution in [0.25, 0.3) is 0 Å². The maximum absolute atomic E-state index is 13.8. The first-order valence-corrected chi connectivity index (χ1v) is 13.6. The van der Waals surface area contributed by atoms with Gasteiger partial charge in [0.1, 0.15) is 5.75 Å². The molecule has 7 N–H and O–H groups in total. The molecular formula is C27H29F9N6O3. The third-order valence-electron chi connectivity index (χ3n) is 7.50. The van der Waals surface area contributed by atoms with Gasteiger partial charge in [0.15, 0.2) is 12.3 Å². The van der Waals surface area contributed by atoms with Gasteiger partial charge >= 0.3 is 18.5 Å². The Bertz CT molecular complexity index is 1410. The van der Waals surface area contributed by atoms with Gasteiger partial charge in [-0.25, -0.2) is 0 Å². The molecule has 9 nitrogen and oxygen atoms in total. The van der Waals surface area contributed by atoms with E-state index in [1.54, 1.807) is 0 Å². The molecule has 2 aliphatic rings. The van der Waals surface area contributed by atoms with Gasteiger partial charge in [0, 0.05) is 24.3 Å². The Kier molecular flexibility index (Phi) is 9.56. The number of carbonyl (C=O) groups excluding carboxylic acids is 2. The highest BCUT2D eigenvalue weighted by molar-refractivity contribution is 6.00. The highest BCUT2D eigenvalue weighted by atomic mass is 19.4. The summed E-state index contributed by atoms with van der Waals surface area (Å²) in [6, 6.07) is 2.17. The van der Waals surface area contributed by atoms with Gasteiger partial charge in [-0.15, -0.1) is 0 Å². The van der Waals surface area contributed by atoms with Crippen molar-refractivity contribution >= 4 is 28.9 Å². The first-order valence-electron chi connectivity index (χ1n) is 13.6. The van der Waals surface area contributed by atoms with E-state index in [-0.39, 0.29) is 48.2 Å². The summed E-state index contributed by atoms with van der Waals surface area (Å²) in [6.07, 6.45) is -15.2. The Morgan fingerprint density at radius 1 is 0.956 bits per heavy atom. The lowest BCUT2D eigenvalue weighted by atomic mass is 9.85. The minimum absolute atomic E-state index is 0.0358. The second kappa shape index (κ2) is 12.7. The van der Waals surface area contributed by atoms with Crippen LogP contribution in [0.4, 0.5) is 56.6 Å². The van der Waals surface area contributed by atoms with E-state index in [9.17, 15) is 49.1 Å². The zero-order valence-corrected chi connectivity index (χ0v) is 23.4. The molecule has 18 heteroatoms. The fraction of sp³-hybridized carbons (Fsp3) is 0.481. The van der Waals surface area contributed by atoms with E-state index in [4.69, 9.17) is 10.5 Å². The van der Waals surface area contributed by atoms with Crippen molar-refractivity contribution in [2.75, 3.05) is 23.1 Å². The van der Waals surface area contributed by atoms with E-state index < -0.39 is 72.4 Å². The smallest absolute Gasteiger partial charge is 0.418 e. The van der Waals surface area contributed by atoms with Crippen molar-refractivity contribution in [3.8, 4) is 5.75 Å². The molecule has 2 unspecified atom stereocenters. The molecule has 2 amide bonds. The number of benzene rings is 2. The topological polar surface area (TPSA) is 130 Å². The molecule has 0 saturated heterocycles. The molecule has 1 aliphatic heterocycles. The number of nitrogens with one attached hydrogen (secondary N) is 5. The normalized spacial score (nSPS) is 20.7. The van der Waals surface area contributed by atoms with Gasteiger partial charge in [-0.05, 0) is 49.4 Å². The summed E-state index contributed by atoms with van der Waals surface area (Å²) < 4.78 is 124. The molecule has 1 saturated carbocycles. The Labute approximate surface area is 250 Å². The number of hydrogen-bond donors (Lipinski definition) is 6. The number of halogens is 9. The van der Waals surface area contributed by atoms with Crippen molar-refractivity contribution in [3.05, 3.63) is 47.0 Å². The largest absolute Gasteiger partial charge is 0.496 e. The number of ether oxygens (including phenoxy) is 1. The van der Waals surface area contributed by atoms with Crippen LogP contribution >= 0.6 is 0 Å². The molecule has 1 aliphatic carbocycles. The average molecular weight is 657 g/mol. The lowest BCUT2D eigenvalue weighted by Crippen LogP contribution is -2.49. The monoisotopic (exact) mass is 656 g/mol. The fourth-order valence-electron chi connectivity index (χ4n) is 5.08. The maximum Gasteiger partial charge on any atom is 0.418 e. The predicted molar refractivity (Wildman–Crippen MR) is 144 cm³/mol. The van der Waals surface area contributed by atoms with Gasteiger partial charge in [0.05, 0.1) is 35.5 Å². The van der Waals surface area contributed by atoms with Crippen molar-refractivity contribution < 1.29 is 53.8 Å². The van der Waals surface area contributed by atoms with Crippen LogP contribution in [0, 0.1) is 5.92 Å². The van der Waals surface area contributed by atoms with Crippen molar-refractivity contribution in [2.24, 2.45) is 11.7 Å². The molecule has 0 spiro atoms. The second-order valence-electron chi connectivity index (χ2n) is 10.6. The first kappa shape index (κ1) is 33.8. The van der Waals surface area contributed by atoms with Crippen molar-refractivity contribution in [3.63, 3.8) is 0 Å². The Morgan fingerprint density at radius 3 is 2.13 bits per heavy atom. The Morgan fingerprint density at radius 2 is 1.58 bits per heavy atom. The molecule has 4 rings (SSSR count). The van der Waals surface area contributed by atoms with Crippen LogP contribution in [-0.2, 0) is 17.5 Å². The fourth-order valence-corrected chi connectivity index (χ4v) is 5.08. The van der Waals surface area contributed by atoms with E-state index in [1.165, 1.54) is 19.2 Å². The SMILES string of the molecule is COc1cc2c(cc1C(=O)NC1CCC(C(F)(F)F)CC1)NC(Nc1cc(CNC(=O)C(N)C(F)(F)F)ccc1C(F)(F)F)N2. The number of amides is 2. The van der Waals surface area contributed by atoms with Gasteiger partial charge < -0.3 is 37.1 Å². The van der Waals surface area contributed by atoms with E-state index >= 15 is 0 Å². The summed E-state index contributed by atoms with van der Waals surface area (Å²) in [7, 11) is 1.28. The summed E-state index contributed by atoms with van der Waals surface area (Å²) >= 11 is 0. The zero-order chi connectivity index (χ0) is 33.3. The molecule has 248 valence electrons. The molecule has 1 fully saturated rings. The summed E-state index contributed by atoms with van der Waals surface area (Å²) in [5.41, 5.74) is 3.96. The zero-order valence-electron chi connectivity index (χ0n) is 23.4. The van der Waals surface area contributed by atoms with Crippen LogP contribution in [0.15, 0.2) is 30.3 Å². The van der Waals surface area contributed by atoms with Crippen LogP contribution in [0.2, 0.25) is 0 Å². The number of methoxy groups -OCH3 is 1. The van der Waals surface area contributed by atoms with E-state index in [1.807, 2.05) is 5.32 Å². The van der Waals surface area contributed by atoms with E-state index in [2.05, 4.69) is 21.3 Å². The summed E-state index contributed by atoms with van der Waals surface area (Å²) in [6.45, 7) is -0.547. The maximum atomic E-state index is 13.8. The van der Waals surface area contributed by atoms with Gasteiger partial charge in [0.2, 0.25) is 5.91 Å². The summed E-state index contributed by atoms with van der Waals surface area (Å²) in [4.78, 5) is 24.8. The van der Waals surface area contributed by atoms with Crippen molar-refractivity contribution in [1.29, 1.82) is 0 Å². The molecule has 2 atom stereocenters. The predicted octanol–water partition coefficient (Wildman–Crippen LogP) is 5.30. The summed E-state index contributed by atoms with van der Waals surface area (Å²) in [5, 5.41) is 13.0. The Balaban J connectivity index is 1.46. The Hall–Kier alpha value is -4.09. The van der Waals surface area contributed by atoms with Crippen LogP contribution in [0.3, 0.4) is 0 Å². The van der Waals surface area contributed by atoms with Crippen molar-refractivity contribution in [1.82, 2.24) is 10.6 Å². The standard InChI is InChI=1S/C27H29F9N6O3/c1-45-20-10-19-18(9-15(20)22(43)39-14-5-3-13(4-6-14)25(28,29)30)41-24(42-19)40-17-8-12(2-7-16(17)26(31,32)33)11-38-23(44)21(37)27(34,35)36/h2,7-10,13-14,21,24,40-42H,3-6,11,37H2,1H3,(H,38,44)(H,39,43). The second-order valence-corrected chi connectivity index (χ2v) is 10.6. The number of hydrogen-bond acceptors (Lipinski definition) is 7. The van der Waals surface area contributed by atoms with Crippen LogP contribution in [-0.4, -0.2) is 49.7 Å². The highest BCUT2D eigenvalue weighted by Gasteiger charge is 2.43. The van der Waals surface area contributed by atoms with Crippen molar-refractivity contribution in [2.45, 2.75) is 69.1 Å². The molecule has 0 radical (unpaired) electrons. The number of anilines is 3. The molecule has 1 heterocycles. The van der Waals surface area contributed by atoms with Gasteiger partial charge in [-0.2, -0.15) is 39.5 Å². The molecule has 2 aromatic rings. The quantitative estimate of drug-likeness (QED) is 0.213. The van der Waals surface area contributed by atoms with Gasteiger partial charge in [-0.3, -0.25) is 9.59 Å². The molecule has 0 aromatic heterocycles. The van der Waals surface area contributed by atoms with Crippen LogP contribution in [0.1, 0.15) is 47.2 Å². The average Bonchev–Trinajstić information content (AvgIpc) is 3.34. The number of rotatable bonds is 8. The molecule has 0 bridgehead atoms. The number of carbonyl (C=O) groups is 2. The van der Waals surface area contributed by atoms with Crippen LogP contribution < -0.4 is 37.1 Å². The number of fused-ring (bicyclic) bond motifs is 1. The minimum atomic E-state index is -5.01.